The summed E-state index contributed by atoms with van der Waals surface area (Å²) in [6.45, 7) is 0.408. The van der Waals surface area contributed by atoms with Gasteiger partial charge in [0.25, 0.3) is 5.91 Å². The van der Waals surface area contributed by atoms with Gasteiger partial charge < -0.3 is 15.2 Å². The van der Waals surface area contributed by atoms with Gasteiger partial charge in [0.1, 0.15) is 6.04 Å². The fraction of sp³-hybridized carbons (Fsp3) is 0.667. The van der Waals surface area contributed by atoms with E-state index in [2.05, 4.69) is 26.1 Å². The van der Waals surface area contributed by atoms with Crippen LogP contribution in [-0.2, 0) is 16.0 Å². The van der Waals surface area contributed by atoms with E-state index < -0.39 is 12.1 Å². The van der Waals surface area contributed by atoms with Crippen LogP contribution in [0.5, 0.6) is 0 Å². The van der Waals surface area contributed by atoms with Crippen LogP contribution in [0.2, 0.25) is 0 Å². The molecule has 1 aromatic rings. The van der Waals surface area contributed by atoms with Crippen LogP contribution in [0, 0.1) is 0 Å². The number of aromatic nitrogens is 2. The lowest BCUT2D eigenvalue weighted by atomic mass is 10.1. The smallest absolute Gasteiger partial charge is 0.322 e. The second-order valence-electron chi connectivity index (χ2n) is 6.18. The Balaban J connectivity index is 1.34. The van der Waals surface area contributed by atoms with Crippen LogP contribution < -0.4 is 16.0 Å². The minimum absolute atomic E-state index is 0.165. The van der Waals surface area contributed by atoms with Gasteiger partial charge in [-0.3, -0.25) is 14.9 Å². The highest BCUT2D eigenvalue weighted by atomic mass is 16.5. The average molecular weight is 335 g/mol. The van der Waals surface area contributed by atoms with Gasteiger partial charge in [-0.2, -0.15) is 4.98 Å². The van der Waals surface area contributed by atoms with E-state index in [4.69, 9.17) is 4.52 Å². The van der Waals surface area contributed by atoms with Crippen LogP contribution in [0.15, 0.2) is 4.52 Å². The number of hydrogen-bond acceptors (Lipinski definition) is 6. The Morgan fingerprint density at radius 3 is 2.79 bits per heavy atom. The Morgan fingerprint density at radius 1 is 1.29 bits per heavy atom. The Bertz CT molecular complexity index is 623. The van der Waals surface area contributed by atoms with Crippen molar-refractivity contribution >= 4 is 17.8 Å². The van der Waals surface area contributed by atoms with E-state index in [1.165, 1.54) is 12.8 Å². The molecule has 24 heavy (non-hydrogen) atoms. The number of carbonyl (C=O) groups is 3. The lowest BCUT2D eigenvalue weighted by molar-refractivity contribution is -0.122. The highest BCUT2D eigenvalue weighted by Crippen LogP contribution is 2.32. The molecule has 130 valence electrons. The summed E-state index contributed by atoms with van der Waals surface area (Å²) in [6.07, 6.45) is 5.56. The first-order valence-electron chi connectivity index (χ1n) is 8.32. The van der Waals surface area contributed by atoms with Crippen LogP contribution in [0.25, 0.3) is 0 Å². The molecule has 3 rings (SSSR count). The Hall–Kier alpha value is -2.45. The molecule has 2 aliphatic rings. The molecule has 1 saturated carbocycles. The van der Waals surface area contributed by atoms with E-state index in [0.29, 0.717) is 30.6 Å². The lowest BCUT2D eigenvalue weighted by Crippen LogP contribution is -2.32. The number of imide groups is 1. The molecule has 1 saturated heterocycles. The second-order valence-corrected chi connectivity index (χ2v) is 6.18. The third kappa shape index (κ3) is 4.09. The topological polar surface area (TPSA) is 126 Å². The van der Waals surface area contributed by atoms with Gasteiger partial charge in [0, 0.05) is 25.3 Å². The lowest BCUT2D eigenvalue weighted by Gasteiger charge is -2.07. The molecule has 1 aromatic heterocycles. The fourth-order valence-corrected chi connectivity index (χ4v) is 3.05. The van der Waals surface area contributed by atoms with Crippen LogP contribution in [0.1, 0.15) is 56.2 Å². The van der Waals surface area contributed by atoms with Gasteiger partial charge in [-0.15, -0.1) is 0 Å². The summed E-state index contributed by atoms with van der Waals surface area (Å²) in [5, 5.41) is 11.3. The molecule has 1 aliphatic carbocycles. The van der Waals surface area contributed by atoms with Gasteiger partial charge in [-0.25, -0.2) is 4.79 Å². The molecule has 9 heteroatoms. The van der Waals surface area contributed by atoms with Crippen molar-refractivity contribution in [3.05, 3.63) is 11.7 Å². The van der Waals surface area contributed by atoms with E-state index >= 15 is 0 Å². The monoisotopic (exact) mass is 335 g/mol. The summed E-state index contributed by atoms with van der Waals surface area (Å²) in [6, 6.07) is -1.14. The first-order chi connectivity index (χ1) is 11.6. The highest BCUT2D eigenvalue weighted by Gasteiger charge is 2.29. The maximum atomic E-state index is 11.8. The minimum Gasteiger partial charge on any atom is -0.356 e. The van der Waals surface area contributed by atoms with Crippen LogP contribution >= 0.6 is 0 Å². The van der Waals surface area contributed by atoms with Crippen molar-refractivity contribution in [3.8, 4) is 0 Å². The first kappa shape index (κ1) is 16.4. The molecule has 0 spiro atoms. The molecule has 4 amide bonds. The predicted molar refractivity (Wildman–Crippen MR) is 81.9 cm³/mol. The number of amides is 4. The van der Waals surface area contributed by atoms with E-state index in [1.54, 1.807) is 0 Å². The molecule has 1 atom stereocenters. The third-order valence-electron chi connectivity index (χ3n) is 4.38. The Morgan fingerprint density at radius 2 is 2.08 bits per heavy atom. The molecular weight excluding hydrogens is 314 g/mol. The van der Waals surface area contributed by atoms with Crippen LogP contribution in [0.4, 0.5) is 4.79 Å². The minimum atomic E-state index is -0.630. The van der Waals surface area contributed by atoms with Crippen LogP contribution in [0.3, 0.4) is 0 Å². The largest absolute Gasteiger partial charge is 0.356 e. The number of rotatable bonds is 7. The van der Waals surface area contributed by atoms with Crippen molar-refractivity contribution in [2.45, 2.75) is 56.9 Å². The molecule has 9 nitrogen and oxygen atoms in total. The third-order valence-corrected chi connectivity index (χ3v) is 4.38. The number of carbonyl (C=O) groups excluding carboxylic acids is 3. The Kier molecular flexibility index (Phi) is 5.07. The van der Waals surface area contributed by atoms with Gasteiger partial charge in [0.05, 0.1) is 0 Å². The zero-order valence-corrected chi connectivity index (χ0v) is 13.3. The van der Waals surface area contributed by atoms with Crippen molar-refractivity contribution in [2.24, 2.45) is 0 Å². The van der Waals surface area contributed by atoms with E-state index in [-0.39, 0.29) is 24.7 Å². The van der Waals surface area contributed by atoms with Gasteiger partial charge in [0.15, 0.2) is 5.82 Å². The molecule has 0 aromatic carbocycles. The van der Waals surface area contributed by atoms with E-state index in [0.717, 1.165) is 12.8 Å². The highest BCUT2D eigenvalue weighted by molar-refractivity contribution is 6.04. The van der Waals surface area contributed by atoms with Crippen molar-refractivity contribution in [1.29, 1.82) is 0 Å². The fourth-order valence-electron chi connectivity index (χ4n) is 3.05. The SMILES string of the molecule is O=C(CCC1NC(=O)NC1=O)NCCc1noc(C2CCCC2)n1. The van der Waals surface area contributed by atoms with Crippen molar-refractivity contribution in [2.75, 3.05) is 6.54 Å². The van der Waals surface area contributed by atoms with Crippen LogP contribution in [-0.4, -0.2) is 40.6 Å². The molecule has 1 aliphatic heterocycles. The maximum Gasteiger partial charge on any atom is 0.322 e. The Labute approximate surface area is 138 Å². The van der Waals surface area contributed by atoms with Crippen molar-refractivity contribution in [1.82, 2.24) is 26.1 Å². The van der Waals surface area contributed by atoms with E-state index in [9.17, 15) is 14.4 Å². The predicted octanol–water partition coefficient (Wildman–Crippen LogP) is 0.374. The molecule has 3 N–H and O–H groups in total. The molecule has 0 radical (unpaired) electrons. The number of nitrogens with one attached hydrogen (secondary N) is 3. The average Bonchev–Trinajstić information content (AvgIpc) is 3.26. The van der Waals surface area contributed by atoms with Crippen molar-refractivity contribution < 1.29 is 18.9 Å². The maximum absolute atomic E-state index is 11.8. The normalized spacial score (nSPS) is 20.9. The summed E-state index contributed by atoms with van der Waals surface area (Å²) in [4.78, 5) is 38.5. The molecule has 2 heterocycles. The van der Waals surface area contributed by atoms with Crippen molar-refractivity contribution in [3.63, 3.8) is 0 Å². The summed E-state index contributed by atoms with van der Waals surface area (Å²) >= 11 is 0. The summed E-state index contributed by atoms with van der Waals surface area (Å²) in [7, 11) is 0. The first-order valence-corrected chi connectivity index (χ1v) is 8.32. The molecule has 0 bridgehead atoms. The summed E-state index contributed by atoms with van der Waals surface area (Å²) in [5.41, 5.74) is 0. The zero-order chi connectivity index (χ0) is 16.9. The van der Waals surface area contributed by atoms with E-state index in [1.807, 2.05) is 0 Å². The zero-order valence-electron chi connectivity index (χ0n) is 13.3. The quantitative estimate of drug-likeness (QED) is 0.618. The standard InChI is InChI=1S/C15H21N5O4/c21-12(6-5-10-13(22)19-15(23)17-10)16-8-7-11-18-14(24-20-11)9-3-1-2-4-9/h9-10H,1-8H2,(H,16,21)(H2,17,19,22,23). The number of urea groups is 1. The molecule has 1 unspecified atom stereocenters. The van der Waals surface area contributed by atoms with Gasteiger partial charge in [-0.1, -0.05) is 18.0 Å². The number of nitrogens with zero attached hydrogens (tertiary/aromatic N) is 2. The summed E-state index contributed by atoms with van der Waals surface area (Å²) in [5.74, 6) is 1.12. The number of hydrogen-bond donors (Lipinski definition) is 3. The molecule has 2 fully saturated rings. The second kappa shape index (κ2) is 7.41. The van der Waals surface area contributed by atoms with Gasteiger partial charge >= 0.3 is 6.03 Å². The van der Waals surface area contributed by atoms with Gasteiger partial charge in [-0.05, 0) is 19.3 Å². The van der Waals surface area contributed by atoms with Gasteiger partial charge in [0.2, 0.25) is 11.8 Å². The summed E-state index contributed by atoms with van der Waals surface area (Å²) < 4.78 is 5.28. The molecular formula is C15H21N5O4.